The first-order chi connectivity index (χ1) is 11.2. The molecular weight excluding hydrogens is 333 g/mol. The first-order valence-electron chi connectivity index (χ1n) is 7.78. The smallest absolute Gasteiger partial charge is 0.193 e. The van der Waals surface area contributed by atoms with Crippen LogP contribution in [-0.2, 0) is 9.84 Å². The van der Waals surface area contributed by atoms with Crippen LogP contribution in [0.4, 0.5) is 4.39 Å². The number of aliphatic hydroxyl groups is 1. The first-order valence-corrected chi connectivity index (χ1v) is 9.43. The molecule has 0 radical (unpaired) electrons. The van der Waals surface area contributed by atoms with Crippen LogP contribution in [-0.4, -0.2) is 61.6 Å². The summed E-state index contributed by atoms with van der Waals surface area (Å²) < 4.78 is 36.2. The number of sulfone groups is 1. The Balaban J connectivity index is 1.99. The van der Waals surface area contributed by atoms with Crippen LogP contribution < -0.4 is 5.32 Å². The van der Waals surface area contributed by atoms with Gasteiger partial charge in [0, 0.05) is 26.7 Å². The molecule has 1 heterocycles. The number of nitrogens with zero attached hydrogens (tertiary/aromatic N) is 2. The lowest BCUT2D eigenvalue weighted by molar-refractivity contribution is 0.179. The maximum Gasteiger partial charge on any atom is 0.193 e. The molecule has 1 aromatic rings. The highest BCUT2D eigenvalue weighted by molar-refractivity contribution is 7.92. The maximum absolute atomic E-state index is 12.9. The van der Waals surface area contributed by atoms with Crippen molar-refractivity contribution in [1.82, 2.24) is 10.2 Å². The van der Waals surface area contributed by atoms with E-state index >= 15 is 0 Å². The van der Waals surface area contributed by atoms with Crippen molar-refractivity contribution in [2.45, 2.75) is 24.7 Å². The SMILES string of the molecule is CN=C(NCC(O)c1ccc(F)cc1)N1CCS(=O)(=O)C(C)(C)C1. The lowest BCUT2D eigenvalue weighted by Crippen LogP contribution is -2.57. The summed E-state index contributed by atoms with van der Waals surface area (Å²) >= 11 is 0. The molecule has 0 aliphatic carbocycles. The zero-order valence-electron chi connectivity index (χ0n) is 14.2. The maximum atomic E-state index is 12.9. The first kappa shape index (κ1) is 18.7. The molecule has 0 saturated carbocycles. The number of hydrogen-bond acceptors (Lipinski definition) is 4. The number of aliphatic hydroxyl groups excluding tert-OH is 1. The molecule has 1 aliphatic rings. The van der Waals surface area contributed by atoms with Crippen molar-refractivity contribution in [2.24, 2.45) is 4.99 Å². The van der Waals surface area contributed by atoms with Crippen LogP contribution in [0.25, 0.3) is 0 Å². The molecule has 2 rings (SSSR count). The number of rotatable bonds is 3. The van der Waals surface area contributed by atoms with Crippen LogP contribution in [0.2, 0.25) is 0 Å². The Kier molecular flexibility index (Phi) is 5.49. The lowest BCUT2D eigenvalue weighted by atomic mass is 10.1. The second-order valence-electron chi connectivity index (χ2n) is 6.50. The second kappa shape index (κ2) is 7.06. The monoisotopic (exact) mass is 357 g/mol. The third-order valence-corrected chi connectivity index (χ3v) is 6.80. The van der Waals surface area contributed by atoms with Crippen molar-refractivity contribution < 1.29 is 17.9 Å². The number of guanidine groups is 1. The number of hydrogen-bond donors (Lipinski definition) is 2. The Labute approximate surface area is 142 Å². The van der Waals surface area contributed by atoms with E-state index in [9.17, 15) is 17.9 Å². The summed E-state index contributed by atoms with van der Waals surface area (Å²) in [5.41, 5.74) is 0.598. The van der Waals surface area contributed by atoms with Crippen molar-refractivity contribution in [2.75, 3.05) is 32.4 Å². The largest absolute Gasteiger partial charge is 0.387 e. The average Bonchev–Trinajstić information content (AvgIpc) is 2.51. The molecular formula is C16H24FN3O3S. The number of benzene rings is 1. The van der Waals surface area contributed by atoms with E-state index in [1.165, 1.54) is 24.3 Å². The van der Waals surface area contributed by atoms with Crippen LogP contribution in [0.1, 0.15) is 25.5 Å². The van der Waals surface area contributed by atoms with E-state index in [1.54, 1.807) is 20.9 Å². The van der Waals surface area contributed by atoms with E-state index in [4.69, 9.17) is 0 Å². The Morgan fingerprint density at radius 2 is 2.04 bits per heavy atom. The van der Waals surface area contributed by atoms with Gasteiger partial charge in [-0.1, -0.05) is 12.1 Å². The summed E-state index contributed by atoms with van der Waals surface area (Å²) in [5.74, 6) is 0.256. The highest BCUT2D eigenvalue weighted by atomic mass is 32.2. The average molecular weight is 357 g/mol. The van der Waals surface area contributed by atoms with E-state index < -0.39 is 20.7 Å². The summed E-state index contributed by atoms with van der Waals surface area (Å²) in [4.78, 5) is 6.04. The van der Waals surface area contributed by atoms with Gasteiger partial charge < -0.3 is 15.3 Å². The molecule has 1 fully saturated rings. The van der Waals surface area contributed by atoms with Crippen LogP contribution in [0.15, 0.2) is 29.3 Å². The molecule has 8 heteroatoms. The summed E-state index contributed by atoms with van der Waals surface area (Å²) in [7, 11) is -1.51. The fourth-order valence-corrected chi connectivity index (χ4v) is 4.01. The van der Waals surface area contributed by atoms with Crippen molar-refractivity contribution >= 4 is 15.8 Å². The van der Waals surface area contributed by atoms with Crippen molar-refractivity contribution in [3.63, 3.8) is 0 Å². The van der Waals surface area contributed by atoms with Crippen LogP contribution >= 0.6 is 0 Å². The van der Waals surface area contributed by atoms with Gasteiger partial charge in [-0.3, -0.25) is 4.99 Å². The van der Waals surface area contributed by atoms with E-state index in [2.05, 4.69) is 10.3 Å². The zero-order chi connectivity index (χ0) is 18.0. The minimum absolute atomic E-state index is 0.0707. The van der Waals surface area contributed by atoms with Crippen molar-refractivity contribution in [3.8, 4) is 0 Å². The van der Waals surface area contributed by atoms with Gasteiger partial charge in [0.1, 0.15) is 5.82 Å². The third-order valence-electron chi connectivity index (χ3n) is 4.26. The fourth-order valence-electron chi connectivity index (χ4n) is 2.65. The summed E-state index contributed by atoms with van der Waals surface area (Å²) in [5, 5.41) is 13.2. The van der Waals surface area contributed by atoms with Gasteiger partial charge in [0.25, 0.3) is 0 Å². The number of nitrogens with one attached hydrogen (secondary N) is 1. The van der Waals surface area contributed by atoms with E-state index in [1.807, 2.05) is 4.90 Å². The fraction of sp³-hybridized carbons (Fsp3) is 0.562. The van der Waals surface area contributed by atoms with Gasteiger partial charge in [-0.25, -0.2) is 12.8 Å². The Morgan fingerprint density at radius 3 is 2.58 bits per heavy atom. The molecule has 24 heavy (non-hydrogen) atoms. The molecule has 1 aromatic carbocycles. The van der Waals surface area contributed by atoms with Crippen molar-refractivity contribution in [1.29, 1.82) is 0 Å². The molecule has 134 valence electrons. The summed E-state index contributed by atoms with van der Waals surface area (Å²) in [6.07, 6.45) is -0.816. The molecule has 1 unspecified atom stereocenters. The van der Waals surface area contributed by atoms with E-state index in [0.29, 0.717) is 24.6 Å². The van der Waals surface area contributed by atoms with Gasteiger partial charge in [-0.15, -0.1) is 0 Å². The molecule has 1 aliphatic heterocycles. The van der Waals surface area contributed by atoms with Crippen LogP contribution in [0, 0.1) is 5.82 Å². The standard InChI is InChI=1S/C16H24FN3O3S/c1-16(2)11-20(8-9-24(16,22)23)15(18-3)19-10-14(21)12-4-6-13(17)7-5-12/h4-7,14,21H,8-11H2,1-3H3,(H,18,19). The van der Waals surface area contributed by atoms with Gasteiger partial charge in [-0.05, 0) is 31.5 Å². The van der Waals surface area contributed by atoms with E-state index in [-0.39, 0.29) is 18.1 Å². The van der Waals surface area contributed by atoms with Gasteiger partial charge in [-0.2, -0.15) is 0 Å². The highest BCUT2D eigenvalue weighted by Crippen LogP contribution is 2.23. The van der Waals surface area contributed by atoms with Crippen LogP contribution in [0.5, 0.6) is 0 Å². The minimum atomic E-state index is -3.12. The second-order valence-corrected chi connectivity index (χ2v) is 9.24. The normalized spacial score (nSPS) is 21.4. The minimum Gasteiger partial charge on any atom is -0.387 e. The molecule has 1 atom stereocenters. The van der Waals surface area contributed by atoms with Gasteiger partial charge in [0.15, 0.2) is 15.8 Å². The summed E-state index contributed by atoms with van der Waals surface area (Å²) in [6.45, 7) is 4.30. The predicted octanol–water partition coefficient (Wildman–Crippen LogP) is 0.944. The van der Waals surface area contributed by atoms with Gasteiger partial charge in [0.2, 0.25) is 0 Å². The van der Waals surface area contributed by atoms with Crippen LogP contribution in [0.3, 0.4) is 0 Å². The van der Waals surface area contributed by atoms with E-state index in [0.717, 1.165) is 0 Å². The third kappa shape index (κ3) is 4.05. The molecule has 6 nitrogen and oxygen atoms in total. The summed E-state index contributed by atoms with van der Waals surface area (Å²) in [6, 6.07) is 5.65. The lowest BCUT2D eigenvalue weighted by Gasteiger charge is -2.39. The quantitative estimate of drug-likeness (QED) is 0.622. The molecule has 0 aromatic heterocycles. The Hall–Kier alpha value is -1.67. The van der Waals surface area contributed by atoms with Gasteiger partial charge >= 0.3 is 0 Å². The Morgan fingerprint density at radius 1 is 1.42 bits per heavy atom. The number of halogens is 1. The molecule has 0 spiro atoms. The molecule has 0 amide bonds. The van der Waals surface area contributed by atoms with Crippen molar-refractivity contribution in [3.05, 3.63) is 35.6 Å². The zero-order valence-corrected chi connectivity index (χ0v) is 15.0. The molecule has 1 saturated heterocycles. The molecule has 0 bridgehead atoms. The topological polar surface area (TPSA) is 82.0 Å². The highest BCUT2D eigenvalue weighted by Gasteiger charge is 2.40. The predicted molar refractivity (Wildman–Crippen MR) is 92.2 cm³/mol. The molecule has 2 N–H and O–H groups in total. The number of aliphatic imine (C=N–C) groups is 1. The Bertz CT molecular complexity index is 702. The van der Waals surface area contributed by atoms with Gasteiger partial charge in [0.05, 0.1) is 16.6 Å².